The number of nitrogens with zero attached hydrogens (tertiary/aromatic N) is 1. The van der Waals surface area contributed by atoms with Crippen LogP contribution in [0.3, 0.4) is 0 Å². The molecule has 0 spiro atoms. The number of hydrogen-bond donors (Lipinski definition) is 2. The van der Waals surface area contributed by atoms with Gasteiger partial charge in [0.15, 0.2) is 0 Å². The van der Waals surface area contributed by atoms with Crippen molar-refractivity contribution in [2.24, 2.45) is 0 Å². The Balaban J connectivity index is 1.38. The van der Waals surface area contributed by atoms with Crippen LogP contribution >= 0.6 is 11.8 Å². The van der Waals surface area contributed by atoms with Crippen LogP contribution in [0, 0.1) is 6.92 Å². The van der Waals surface area contributed by atoms with Crippen LogP contribution in [0.25, 0.3) is 0 Å². The molecular weight excluding hydrogens is 382 g/mol. The predicted octanol–water partition coefficient (Wildman–Crippen LogP) is 3.58. The molecule has 0 bridgehead atoms. The van der Waals surface area contributed by atoms with E-state index in [1.165, 1.54) is 30.2 Å². The highest BCUT2D eigenvalue weighted by molar-refractivity contribution is 8.00. The van der Waals surface area contributed by atoms with E-state index in [9.17, 15) is 9.59 Å². The first-order valence-corrected chi connectivity index (χ1v) is 11.3. The standard InChI is InChI=1S/C23H29N3O2S/c1-18-7-6-10-21(13-18)25-23(28)17-29-16-22(27)24-14-19-8-2-3-9-20(19)15-26-11-4-5-12-26/h2-3,6-10,13H,4-5,11-12,14-17H2,1H3,(H,24,27)(H,25,28). The molecule has 1 fully saturated rings. The molecule has 6 heteroatoms. The van der Waals surface area contributed by atoms with Gasteiger partial charge in [-0.1, -0.05) is 36.4 Å². The van der Waals surface area contributed by atoms with E-state index in [0.717, 1.165) is 36.4 Å². The minimum Gasteiger partial charge on any atom is -0.351 e. The number of thioether (sulfide) groups is 1. The Bertz CT molecular complexity index is 834. The Kier molecular flexibility index (Phi) is 8.14. The molecule has 0 saturated carbocycles. The number of likely N-dealkylation sites (tertiary alicyclic amines) is 1. The second kappa shape index (κ2) is 11.0. The fraction of sp³-hybridized carbons (Fsp3) is 0.391. The SMILES string of the molecule is Cc1cccc(NC(=O)CSCC(=O)NCc2ccccc2CN2CCCC2)c1. The third-order valence-electron chi connectivity index (χ3n) is 4.96. The van der Waals surface area contributed by atoms with Gasteiger partial charge in [-0.25, -0.2) is 0 Å². The van der Waals surface area contributed by atoms with E-state index in [4.69, 9.17) is 0 Å². The lowest BCUT2D eigenvalue weighted by Crippen LogP contribution is -2.27. The molecule has 154 valence electrons. The Morgan fingerprint density at radius 2 is 1.69 bits per heavy atom. The largest absolute Gasteiger partial charge is 0.351 e. The van der Waals surface area contributed by atoms with Gasteiger partial charge in [-0.3, -0.25) is 14.5 Å². The monoisotopic (exact) mass is 411 g/mol. The first-order valence-electron chi connectivity index (χ1n) is 10.1. The van der Waals surface area contributed by atoms with Crippen LogP contribution in [0.2, 0.25) is 0 Å². The molecule has 1 saturated heterocycles. The molecule has 0 aliphatic carbocycles. The van der Waals surface area contributed by atoms with Crippen molar-refractivity contribution >= 4 is 29.3 Å². The third kappa shape index (κ3) is 7.22. The second-order valence-electron chi connectivity index (χ2n) is 7.44. The average molecular weight is 412 g/mol. The summed E-state index contributed by atoms with van der Waals surface area (Å²) < 4.78 is 0. The summed E-state index contributed by atoms with van der Waals surface area (Å²) in [4.78, 5) is 26.7. The number of rotatable bonds is 9. The van der Waals surface area contributed by atoms with E-state index in [0.29, 0.717) is 6.54 Å². The second-order valence-corrected chi connectivity index (χ2v) is 8.42. The number of carbonyl (C=O) groups excluding carboxylic acids is 2. The van der Waals surface area contributed by atoms with Gasteiger partial charge < -0.3 is 10.6 Å². The van der Waals surface area contributed by atoms with Crippen molar-refractivity contribution in [1.82, 2.24) is 10.2 Å². The van der Waals surface area contributed by atoms with E-state index < -0.39 is 0 Å². The molecule has 2 amide bonds. The Morgan fingerprint density at radius 3 is 2.45 bits per heavy atom. The molecule has 2 aromatic carbocycles. The van der Waals surface area contributed by atoms with E-state index in [1.54, 1.807) is 0 Å². The summed E-state index contributed by atoms with van der Waals surface area (Å²) in [6.45, 7) is 5.76. The normalized spacial score (nSPS) is 14.0. The molecule has 2 aromatic rings. The highest BCUT2D eigenvalue weighted by Crippen LogP contribution is 2.16. The molecule has 3 rings (SSSR count). The van der Waals surface area contributed by atoms with Gasteiger partial charge in [0, 0.05) is 18.8 Å². The number of aryl methyl sites for hydroxylation is 1. The van der Waals surface area contributed by atoms with Crippen LogP contribution in [0.4, 0.5) is 5.69 Å². The average Bonchev–Trinajstić information content (AvgIpc) is 3.20. The highest BCUT2D eigenvalue weighted by atomic mass is 32.2. The topological polar surface area (TPSA) is 61.4 Å². The Morgan fingerprint density at radius 1 is 0.966 bits per heavy atom. The molecular formula is C23H29N3O2S. The number of nitrogens with one attached hydrogen (secondary N) is 2. The van der Waals surface area contributed by atoms with Crippen molar-refractivity contribution in [2.45, 2.75) is 32.9 Å². The Hall–Kier alpha value is -2.31. The maximum Gasteiger partial charge on any atom is 0.234 e. The van der Waals surface area contributed by atoms with Gasteiger partial charge in [0.2, 0.25) is 11.8 Å². The number of benzene rings is 2. The van der Waals surface area contributed by atoms with Crippen LogP contribution in [-0.4, -0.2) is 41.3 Å². The highest BCUT2D eigenvalue weighted by Gasteiger charge is 2.14. The van der Waals surface area contributed by atoms with Gasteiger partial charge in [-0.05, 0) is 61.7 Å². The van der Waals surface area contributed by atoms with Crippen molar-refractivity contribution in [2.75, 3.05) is 29.9 Å². The van der Waals surface area contributed by atoms with Crippen molar-refractivity contribution in [3.63, 3.8) is 0 Å². The van der Waals surface area contributed by atoms with Crippen LogP contribution in [0.5, 0.6) is 0 Å². The minimum atomic E-state index is -0.0932. The van der Waals surface area contributed by atoms with Gasteiger partial charge >= 0.3 is 0 Å². The summed E-state index contributed by atoms with van der Waals surface area (Å²) in [6.07, 6.45) is 2.54. The molecule has 1 heterocycles. The van der Waals surface area contributed by atoms with Crippen LogP contribution in [0.15, 0.2) is 48.5 Å². The van der Waals surface area contributed by atoms with Crippen LogP contribution < -0.4 is 10.6 Å². The number of hydrogen-bond acceptors (Lipinski definition) is 4. The molecule has 0 aromatic heterocycles. The molecule has 0 atom stereocenters. The summed E-state index contributed by atoms with van der Waals surface area (Å²) in [6, 6.07) is 16.0. The predicted molar refractivity (Wildman–Crippen MR) is 120 cm³/mol. The maximum atomic E-state index is 12.2. The summed E-state index contributed by atoms with van der Waals surface area (Å²) in [5.74, 6) is 0.390. The maximum absolute atomic E-state index is 12.2. The van der Waals surface area contributed by atoms with Crippen molar-refractivity contribution in [3.8, 4) is 0 Å². The molecule has 1 aliphatic heterocycles. The first-order chi connectivity index (χ1) is 14.1. The third-order valence-corrected chi connectivity index (χ3v) is 5.89. The molecule has 1 aliphatic rings. The molecule has 0 radical (unpaired) electrons. The van der Waals surface area contributed by atoms with Gasteiger partial charge in [0.05, 0.1) is 11.5 Å². The quantitative estimate of drug-likeness (QED) is 0.662. The van der Waals surface area contributed by atoms with Gasteiger partial charge in [-0.15, -0.1) is 11.8 Å². The fourth-order valence-corrected chi connectivity index (χ4v) is 4.11. The van der Waals surface area contributed by atoms with E-state index >= 15 is 0 Å². The molecule has 5 nitrogen and oxygen atoms in total. The zero-order valence-corrected chi connectivity index (χ0v) is 17.8. The lowest BCUT2D eigenvalue weighted by atomic mass is 10.1. The summed E-state index contributed by atoms with van der Waals surface area (Å²) in [5, 5.41) is 5.85. The molecule has 2 N–H and O–H groups in total. The molecule has 29 heavy (non-hydrogen) atoms. The number of anilines is 1. The van der Waals surface area contributed by atoms with Gasteiger partial charge in [0.25, 0.3) is 0 Å². The lowest BCUT2D eigenvalue weighted by Gasteiger charge is -2.17. The van der Waals surface area contributed by atoms with Crippen molar-refractivity contribution < 1.29 is 9.59 Å². The van der Waals surface area contributed by atoms with Crippen molar-refractivity contribution in [3.05, 3.63) is 65.2 Å². The van der Waals surface area contributed by atoms with Crippen LogP contribution in [0.1, 0.15) is 29.5 Å². The number of amides is 2. The summed E-state index contributed by atoms with van der Waals surface area (Å²) >= 11 is 1.33. The van der Waals surface area contributed by atoms with Crippen LogP contribution in [-0.2, 0) is 22.7 Å². The fourth-order valence-electron chi connectivity index (χ4n) is 3.47. The summed E-state index contributed by atoms with van der Waals surface area (Å²) in [5.41, 5.74) is 4.32. The van der Waals surface area contributed by atoms with Gasteiger partial charge in [-0.2, -0.15) is 0 Å². The van der Waals surface area contributed by atoms with E-state index in [-0.39, 0.29) is 23.3 Å². The first kappa shape index (κ1) is 21.4. The van der Waals surface area contributed by atoms with Gasteiger partial charge in [0.1, 0.15) is 0 Å². The zero-order valence-electron chi connectivity index (χ0n) is 16.9. The smallest absolute Gasteiger partial charge is 0.234 e. The summed E-state index contributed by atoms with van der Waals surface area (Å²) in [7, 11) is 0. The van der Waals surface area contributed by atoms with E-state index in [2.05, 4.69) is 33.7 Å². The lowest BCUT2D eigenvalue weighted by molar-refractivity contribution is -0.118. The van der Waals surface area contributed by atoms with Crippen molar-refractivity contribution in [1.29, 1.82) is 0 Å². The Labute approximate surface area is 177 Å². The number of carbonyl (C=O) groups is 2. The molecule has 0 unspecified atom stereocenters. The zero-order chi connectivity index (χ0) is 20.5. The van der Waals surface area contributed by atoms with E-state index in [1.807, 2.05) is 37.3 Å². The minimum absolute atomic E-state index is 0.0469.